The van der Waals surface area contributed by atoms with Crippen LogP contribution in [0.15, 0.2) is 29.2 Å². The number of hydrogen-bond donors (Lipinski definition) is 0. The summed E-state index contributed by atoms with van der Waals surface area (Å²) in [6, 6.07) is 3.45. The zero-order valence-electron chi connectivity index (χ0n) is 22.4. The van der Waals surface area contributed by atoms with E-state index in [1.54, 1.807) is 22.7 Å². The van der Waals surface area contributed by atoms with Gasteiger partial charge in [-0.15, -0.1) is 10.2 Å². The molecule has 3 aromatic rings. The molecule has 2 unspecified atom stereocenters. The van der Waals surface area contributed by atoms with Gasteiger partial charge in [0.05, 0.1) is 12.2 Å². The average molecular weight is 556 g/mol. The van der Waals surface area contributed by atoms with Crippen LogP contribution in [0.1, 0.15) is 72.9 Å². The molecule has 2 saturated carbocycles. The highest BCUT2D eigenvalue weighted by atomic mass is 32.1. The van der Waals surface area contributed by atoms with E-state index < -0.39 is 28.6 Å². The fraction of sp³-hybridized carbons (Fsp3) is 0.500. The van der Waals surface area contributed by atoms with Crippen LogP contribution in [0.2, 0.25) is 0 Å². The number of nitrogens with zero attached hydrogens (tertiary/aromatic N) is 5. The Morgan fingerprint density at radius 1 is 1.23 bits per heavy atom. The summed E-state index contributed by atoms with van der Waals surface area (Å²) in [4.78, 5) is 29.4. The van der Waals surface area contributed by atoms with Gasteiger partial charge in [0, 0.05) is 38.2 Å². The predicted octanol–water partition coefficient (Wildman–Crippen LogP) is 4.76. The van der Waals surface area contributed by atoms with E-state index in [9.17, 15) is 18.4 Å². The normalized spacial score (nSPS) is 24.2. The number of amides is 1. The molecule has 0 bridgehead atoms. The number of unbranched alkanes of at least 4 members (excludes halogenated alkanes) is 1. The SMILES string of the molecule is CCCCOc1c2n(cc(-c3nnc(C(C)c4ccc(F)cc4F)s3)c1=O)N(C)C1(CC[C@@H]3C[C@@H]31)N(C)C2=O. The Kier molecular flexibility index (Phi) is 6.24. The molecule has 4 atom stereocenters. The van der Waals surface area contributed by atoms with Crippen LogP contribution in [0.3, 0.4) is 0 Å². The molecule has 1 aromatic carbocycles. The van der Waals surface area contributed by atoms with Crippen LogP contribution in [0.4, 0.5) is 8.78 Å². The summed E-state index contributed by atoms with van der Waals surface area (Å²) in [5.41, 5.74) is -0.109. The Labute approximate surface area is 229 Å². The van der Waals surface area contributed by atoms with Crippen molar-refractivity contribution in [1.82, 2.24) is 19.8 Å². The highest BCUT2D eigenvalue weighted by Gasteiger charge is 2.65. The van der Waals surface area contributed by atoms with Gasteiger partial charge in [0.2, 0.25) is 5.43 Å². The number of rotatable bonds is 7. The molecule has 1 spiro atoms. The van der Waals surface area contributed by atoms with E-state index in [1.807, 2.05) is 21.0 Å². The number of carbonyl (C=O) groups is 1. The van der Waals surface area contributed by atoms with Crippen molar-refractivity contribution >= 4 is 17.2 Å². The van der Waals surface area contributed by atoms with Crippen molar-refractivity contribution < 1.29 is 18.3 Å². The molecular formula is C28H31F2N5O3S. The number of pyridine rings is 1. The molecule has 1 amide bonds. The topological polar surface area (TPSA) is 80.6 Å². The van der Waals surface area contributed by atoms with E-state index in [1.165, 1.54) is 23.5 Å². The first kappa shape index (κ1) is 25.9. The van der Waals surface area contributed by atoms with E-state index in [0.717, 1.165) is 38.2 Å². The number of hydrogen-bond acceptors (Lipinski definition) is 7. The van der Waals surface area contributed by atoms with Gasteiger partial charge in [-0.3, -0.25) is 19.3 Å². The average Bonchev–Trinajstić information content (AvgIpc) is 3.36. The second kappa shape index (κ2) is 9.39. The lowest BCUT2D eigenvalue weighted by Gasteiger charge is -2.52. The minimum Gasteiger partial charge on any atom is -0.487 e. The van der Waals surface area contributed by atoms with Gasteiger partial charge in [-0.25, -0.2) is 8.78 Å². The van der Waals surface area contributed by atoms with E-state index in [0.29, 0.717) is 34.0 Å². The summed E-state index contributed by atoms with van der Waals surface area (Å²) in [6.07, 6.45) is 6.28. The molecule has 8 nitrogen and oxygen atoms in total. The van der Waals surface area contributed by atoms with Gasteiger partial charge >= 0.3 is 0 Å². The van der Waals surface area contributed by atoms with E-state index in [2.05, 4.69) is 15.2 Å². The Hall–Kier alpha value is -3.34. The van der Waals surface area contributed by atoms with Gasteiger partial charge in [0.1, 0.15) is 22.3 Å². The highest BCUT2D eigenvalue weighted by molar-refractivity contribution is 7.14. The lowest BCUT2D eigenvalue weighted by atomic mass is 9.98. The summed E-state index contributed by atoms with van der Waals surface area (Å²) in [5.74, 6) is -1.03. The molecule has 2 aromatic heterocycles. The van der Waals surface area contributed by atoms with Crippen molar-refractivity contribution in [3.8, 4) is 16.3 Å². The van der Waals surface area contributed by atoms with E-state index in [4.69, 9.17) is 4.74 Å². The molecule has 1 aliphatic heterocycles. The van der Waals surface area contributed by atoms with Gasteiger partial charge in [0.25, 0.3) is 5.91 Å². The molecule has 0 saturated heterocycles. The Balaban J connectivity index is 1.46. The minimum atomic E-state index is -0.663. The third-order valence-electron chi connectivity index (χ3n) is 8.73. The number of carbonyl (C=O) groups excluding carboxylic acids is 1. The third kappa shape index (κ3) is 3.88. The second-order valence-corrected chi connectivity index (χ2v) is 11.8. The number of aromatic nitrogens is 3. The quantitative estimate of drug-likeness (QED) is 0.392. The van der Waals surface area contributed by atoms with Gasteiger partial charge < -0.3 is 9.64 Å². The van der Waals surface area contributed by atoms with Crippen LogP contribution in [-0.4, -0.2) is 52.0 Å². The minimum absolute atomic E-state index is 0.0132. The Bertz CT molecular complexity index is 1520. The van der Waals surface area contributed by atoms with Crippen LogP contribution in [0, 0.1) is 23.5 Å². The largest absolute Gasteiger partial charge is 0.487 e. The van der Waals surface area contributed by atoms with E-state index in [-0.39, 0.29) is 22.9 Å². The third-order valence-corrected chi connectivity index (χ3v) is 9.87. The Morgan fingerprint density at radius 2 is 2.03 bits per heavy atom. The first-order valence-electron chi connectivity index (χ1n) is 13.4. The van der Waals surface area contributed by atoms with Crippen LogP contribution in [0.25, 0.3) is 10.6 Å². The summed E-state index contributed by atoms with van der Waals surface area (Å²) < 4.78 is 35.7. The second-order valence-electron chi connectivity index (χ2n) is 10.8. The number of ether oxygens (including phenoxy) is 1. The summed E-state index contributed by atoms with van der Waals surface area (Å²) in [5, 5.41) is 11.5. The first-order chi connectivity index (χ1) is 18.7. The molecular weight excluding hydrogens is 524 g/mol. The Morgan fingerprint density at radius 3 is 2.69 bits per heavy atom. The van der Waals surface area contributed by atoms with Gasteiger partial charge in [-0.05, 0) is 43.2 Å². The molecule has 206 valence electrons. The van der Waals surface area contributed by atoms with Crippen molar-refractivity contribution in [2.24, 2.45) is 11.8 Å². The fourth-order valence-corrected chi connectivity index (χ4v) is 7.31. The molecule has 39 heavy (non-hydrogen) atoms. The smallest absolute Gasteiger partial charge is 0.278 e. The standard InChI is InChI=1S/C28H31F2N5O3S/c1-5-6-11-38-24-22-27(37)33(3)28(10-9-16-12-20(16)28)34(4)35(22)14-19(23(24)36)26-32-31-25(39-26)15(2)18-8-7-17(29)13-21(18)30/h7-8,13-16,20H,5-6,9-12H2,1-4H3/t15?,16-,20+,28?/m1/s1. The number of halogens is 2. The van der Waals surface area contributed by atoms with Gasteiger partial charge in [-0.2, -0.15) is 0 Å². The molecule has 3 heterocycles. The van der Waals surface area contributed by atoms with Crippen LogP contribution < -0.4 is 15.2 Å². The van der Waals surface area contributed by atoms with Crippen molar-refractivity contribution in [3.63, 3.8) is 0 Å². The lowest BCUT2D eigenvalue weighted by molar-refractivity contribution is 0.0327. The summed E-state index contributed by atoms with van der Waals surface area (Å²) in [7, 11) is 3.78. The number of fused-ring (bicyclic) bond motifs is 3. The van der Waals surface area contributed by atoms with Crippen LogP contribution in [-0.2, 0) is 0 Å². The summed E-state index contributed by atoms with van der Waals surface area (Å²) >= 11 is 1.17. The maximum absolute atomic E-state index is 14.5. The van der Waals surface area contributed by atoms with E-state index >= 15 is 0 Å². The number of benzene rings is 1. The van der Waals surface area contributed by atoms with Crippen LogP contribution >= 0.6 is 11.3 Å². The first-order valence-corrected chi connectivity index (χ1v) is 14.2. The van der Waals surface area contributed by atoms with Crippen LogP contribution in [0.5, 0.6) is 5.75 Å². The molecule has 3 aliphatic rings. The predicted molar refractivity (Wildman–Crippen MR) is 144 cm³/mol. The van der Waals surface area contributed by atoms with Crippen molar-refractivity contribution in [2.45, 2.75) is 57.5 Å². The summed E-state index contributed by atoms with van der Waals surface area (Å²) in [6.45, 7) is 4.09. The molecule has 6 rings (SSSR count). The lowest BCUT2D eigenvalue weighted by Crippen LogP contribution is -2.68. The maximum atomic E-state index is 14.5. The molecule has 0 radical (unpaired) electrons. The van der Waals surface area contributed by atoms with Crippen molar-refractivity contribution in [2.75, 3.05) is 25.7 Å². The van der Waals surface area contributed by atoms with Gasteiger partial charge in [0.15, 0.2) is 16.5 Å². The fourth-order valence-electron chi connectivity index (χ4n) is 6.39. The molecule has 2 fully saturated rings. The molecule has 2 aliphatic carbocycles. The zero-order chi connectivity index (χ0) is 27.6. The monoisotopic (exact) mass is 555 g/mol. The van der Waals surface area contributed by atoms with Crippen molar-refractivity contribution in [1.29, 1.82) is 0 Å². The molecule has 11 heteroatoms. The zero-order valence-corrected chi connectivity index (χ0v) is 23.2. The molecule has 0 N–H and O–H groups in total. The highest BCUT2D eigenvalue weighted by Crippen LogP contribution is 2.61. The maximum Gasteiger partial charge on any atom is 0.278 e. The van der Waals surface area contributed by atoms with Crippen molar-refractivity contribution in [3.05, 3.63) is 62.5 Å². The van der Waals surface area contributed by atoms with Gasteiger partial charge in [-0.1, -0.05) is 37.7 Å².